The fourth-order valence-electron chi connectivity index (χ4n) is 0.917. The summed E-state index contributed by atoms with van der Waals surface area (Å²) in [5.74, 6) is 0. The van der Waals surface area contributed by atoms with Crippen LogP contribution in [0.5, 0.6) is 0 Å². The predicted molar refractivity (Wildman–Crippen MR) is 38.9 cm³/mol. The zero-order valence-corrected chi connectivity index (χ0v) is 6.37. The molecular weight excluding hydrogens is 130 g/mol. The van der Waals surface area contributed by atoms with E-state index in [4.69, 9.17) is 9.94 Å². The molecule has 3 nitrogen and oxygen atoms in total. The maximum atomic E-state index is 9.07. The SMILES string of the molecule is CCC1=NO[C@H]([C@H](C)O)C1. The van der Waals surface area contributed by atoms with Gasteiger partial charge in [-0.15, -0.1) is 0 Å². The number of aliphatic hydroxyl groups excluding tert-OH is 1. The molecule has 3 heteroatoms. The molecule has 0 aromatic carbocycles. The van der Waals surface area contributed by atoms with Gasteiger partial charge in [0.25, 0.3) is 0 Å². The molecule has 1 aliphatic rings. The highest BCUT2D eigenvalue weighted by Gasteiger charge is 2.23. The second kappa shape index (κ2) is 3.01. The average molecular weight is 143 g/mol. The molecule has 0 aliphatic carbocycles. The van der Waals surface area contributed by atoms with Crippen LogP contribution in [0.2, 0.25) is 0 Å². The van der Waals surface area contributed by atoms with Crippen molar-refractivity contribution in [1.29, 1.82) is 0 Å². The number of hydrogen-bond donors (Lipinski definition) is 1. The fraction of sp³-hybridized carbons (Fsp3) is 0.857. The minimum Gasteiger partial charge on any atom is -0.389 e. The quantitative estimate of drug-likeness (QED) is 0.624. The smallest absolute Gasteiger partial charge is 0.158 e. The molecule has 0 saturated heterocycles. The lowest BCUT2D eigenvalue weighted by Crippen LogP contribution is -2.22. The van der Waals surface area contributed by atoms with Gasteiger partial charge < -0.3 is 9.94 Å². The first-order valence-electron chi connectivity index (χ1n) is 3.63. The number of hydrogen-bond acceptors (Lipinski definition) is 3. The van der Waals surface area contributed by atoms with E-state index in [2.05, 4.69) is 5.16 Å². The van der Waals surface area contributed by atoms with Crippen LogP contribution in [0.25, 0.3) is 0 Å². The molecule has 1 N–H and O–H groups in total. The van der Waals surface area contributed by atoms with E-state index < -0.39 is 6.10 Å². The minimum atomic E-state index is -0.409. The van der Waals surface area contributed by atoms with Crippen molar-refractivity contribution in [2.24, 2.45) is 5.16 Å². The van der Waals surface area contributed by atoms with Gasteiger partial charge in [-0.05, 0) is 13.3 Å². The molecule has 0 amide bonds. The third-order valence-corrected chi connectivity index (χ3v) is 1.70. The van der Waals surface area contributed by atoms with Crippen LogP contribution in [0, 0.1) is 0 Å². The van der Waals surface area contributed by atoms with Crippen LogP contribution in [-0.4, -0.2) is 23.0 Å². The third kappa shape index (κ3) is 1.48. The van der Waals surface area contributed by atoms with Gasteiger partial charge in [0.2, 0.25) is 0 Å². The van der Waals surface area contributed by atoms with Crippen molar-refractivity contribution < 1.29 is 9.94 Å². The van der Waals surface area contributed by atoms with Gasteiger partial charge in [-0.1, -0.05) is 12.1 Å². The Bertz CT molecular complexity index is 143. The zero-order valence-electron chi connectivity index (χ0n) is 6.37. The summed E-state index contributed by atoms with van der Waals surface area (Å²) < 4.78 is 0. The number of nitrogens with zero attached hydrogens (tertiary/aromatic N) is 1. The molecule has 10 heavy (non-hydrogen) atoms. The van der Waals surface area contributed by atoms with Gasteiger partial charge in [-0.3, -0.25) is 0 Å². The van der Waals surface area contributed by atoms with E-state index in [1.807, 2.05) is 6.92 Å². The number of aliphatic hydroxyl groups is 1. The fourth-order valence-corrected chi connectivity index (χ4v) is 0.917. The van der Waals surface area contributed by atoms with Gasteiger partial charge in [0, 0.05) is 6.42 Å². The molecule has 1 aliphatic heterocycles. The van der Waals surface area contributed by atoms with Crippen LogP contribution in [0.4, 0.5) is 0 Å². The average Bonchev–Trinajstić information content (AvgIpc) is 2.34. The standard InChI is InChI=1S/C7H13NO2/c1-3-6-4-7(5(2)9)10-8-6/h5,7,9H,3-4H2,1-2H3/t5-,7-/m0/s1. The Kier molecular flexibility index (Phi) is 2.27. The van der Waals surface area contributed by atoms with E-state index in [1.54, 1.807) is 6.92 Å². The van der Waals surface area contributed by atoms with E-state index >= 15 is 0 Å². The first-order chi connectivity index (χ1) is 4.74. The highest BCUT2D eigenvalue weighted by Crippen LogP contribution is 2.15. The summed E-state index contributed by atoms with van der Waals surface area (Å²) in [6.07, 6.45) is 1.19. The van der Waals surface area contributed by atoms with Crippen molar-refractivity contribution in [1.82, 2.24) is 0 Å². The Balaban J connectivity index is 2.36. The molecule has 0 aromatic rings. The van der Waals surface area contributed by atoms with Gasteiger partial charge >= 0.3 is 0 Å². The lowest BCUT2D eigenvalue weighted by molar-refractivity contribution is -0.00780. The van der Waals surface area contributed by atoms with Gasteiger partial charge in [-0.2, -0.15) is 0 Å². The second-order valence-electron chi connectivity index (χ2n) is 2.60. The Morgan fingerprint density at radius 1 is 1.90 bits per heavy atom. The Morgan fingerprint density at radius 2 is 2.60 bits per heavy atom. The molecule has 0 saturated carbocycles. The molecule has 0 fully saturated rings. The molecule has 0 aromatic heterocycles. The second-order valence-corrected chi connectivity index (χ2v) is 2.60. The Hall–Kier alpha value is -0.570. The normalized spacial score (nSPS) is 27.5. The summed E-state index contributed by atoms with van der Waals surface area (Å²) in [7, 11) is 0. The minimum absolute atomic E-state index is 0.102. The van der Waals surface area contributed by atoms with Crippen LogP contribution in [0.15, 0.2) is 5.16 Å². The molecular formula is C7H13NO2. The van der Waals surface area contributed by atoms with Gasteiger partial charge in [0.15, 0.2) is 6.10 Å². The number of oxime groups is 1. The predicted octanol–water partition coefficient (Wildman–Crippen LogP) is 0.922. The number of rotatable bonds is 2. The first-order valence-corrected chi connectivity index (χ1v) is 3.63. The Labute approximate surface area is 60.7 Å². The molecule has 2 atom stereocenters. The largest absolute Gasteiger partial charge is 0.389 e. The summed E-state index contributed by atoms with van der Waals surface area (Å²) in [4.78, 5) is 4.96. The van der Waals surface area contributed by atoms with Crippen molar-refractivity contribution in [2.45, 2.75) is 38.9 Å². The summed E-state index contributed by atoms with van der Waals surface area (Å²) in [5, 5.41) is 12.9. The summed E-state index contributed by atoms with van der Waals surface area (Å²) >= 11 is 0. The molecule has 0 unspecified atom stereocenters. The van der Waals surface area contributed by atoms with Crippen LogP contribution in [0.3, 0.4) is 0 Å². The third-order valence-electron chi connectivity index (χ3n) is 1.70. The summed E-state index contributed by atoms with van der Waals surface area (Å²) in [6, 6.07) is 0. The van der Waals surface area contributed by atoms with Crippen LogP contribution in [-0.2, 0) is 4.84 Å². The van der Waals surface area contributed by atoms with E-state index in [-0.39, 0.29) is 6.10 Å². The lowest BCUT2D eigenvalue weighted by Gasteiger charge is -2.09. The van der Waals surface area contributed by atoms with Crippen LogP contribution < -0.4 is 0 Å². The van der Waals surface area contributed by atoms with Crippen LogP contribution >= 0.6 is 0 Å². The Morgan fingerprint density at radius 3 is 2.90 bits per heavy atom. The van der Waals surface area contributed by atoms with Crippen molar-refractivity contribution in [3.8, 4) is 0 Å². The van der Waals surface area contributed by atoms with Crippen molar-refractivity contribution in [3.05, 3.63) is 0 Å². The summed E-state index contributed by atoms with van der Waals surface area (Å²) in [6.45, 7) is 3.76. The molecule has 0 radical (unpaired) electrons. The van der Waals surface area contributed by atoms with Crippen molar-refractivity contribution in [2.75, 3.05) is 0 Å². The van der Waals surface area contributed by atoms with Gasteiger partial charge in [0.05, 0.1) is 11.8 Å². The van der Waals surface area contributed by atoms with E-state index in [0.717, 1.165) is 18.6 Å². The topological polar surface area (TPSA) is 41.8 Å². The van der Waals surface area contributed by atoms with Gasteiger partial charge in [-0.25, -0.2) is 0 Å². The highest BCUT2D eigenvalue weighted by molar-refractivity contribution is 5.85. The summed E-state index contributed by atoms with van der Waals surface area (Å²) in [5.41, 5.74) is 1.05. The molecule has 1 rings (SSSR count). The van der Waals surface area contributed by atoms with Crippen molar-refractivity contribution >= 4 is 5.71 Å². The van der Waals surface area contributed by atoms with Gasteiger partial charge in [0.1, 0.15) is 0 Å². The van der Waals surface area contributed by atoms with E-state index in [1.165, 1.54) is 0 Å². The zero-order chi connectivity index (χ0) is 7.56. The monoisotopic (exact) mass is 143 g/mol. The van der Waals surface area contributed by atoms with E-state index in [0.29, 0.717) is 0 Å². The molecule has 0 bridgehead atoms. The maximum absolute atomic E-state index is 9.07. The van der Waals surface area contributed by atoms with E-state index in [9.17, 15) is 0 Å². The first kappa shape index (κ1) is 7.54. The highest BCUT2D eigenvalue weighted by atomic mass is 16.6. The lowest BCUT2D eigenvalue weighted by atomic mass is 10.1. The van der Waals surface area contributed by atoms with Crippen LogP contribution in [0.1, 0.15) is 26.7 Å². The molecule has 1 heterocycles. The molecule has 58 valence electrons. The maximum Gasteiger partial charge on any atom is 0.158 e. The molecule has 0 spiro atoms. The van der Waals surface area contributed by atoms with Crippen molar-refractivity contribution in [3.63, 3.8) is 0 Å².